The highest BCUT2D eigenvalue weighted by molar-refractivity contribution is 5.86. The van der Waals surface area contributed by atoms with Gasteiger partial charge in [0.25, 0.3) is 0 Å². The summed E-state index contributed by atoms with van der Waals surface area (Å²) in [5.41, 5.74) is 0.588. The van der Waals surface area contributed by atoms with E-state index in [2.05, 4.69) is 29.3 Å². The van der Waals surface area contributed by atoms with E-state index in [-0.39, 0.29) is 11.6 Å². The monoisotopic (exact) mass is 197 g/mol. The van der Waals surface area contributed by atoms with Gasteiger partial charge in [-0.25, -0.2) is 4.79 Å². The van der Waals surface area contributed by atoms with Gasteiger partial charge in [0.2, 0.25) is 0 Å². The first-order valence-electron chi connectivity index (χ1n) is 4.71. The molecular weight excluding hydrogens is 182 g/mol. The number of aromatic nitrogens is 3. The number of carboxylic acids is 1. The van der Waals surface area contributed by atoms with Crippen molar-refractivity contribution in [3.63, 3.8) is 0 Å². The second-order valence-corrected chi connectivity index (χ2v) is 3.54. The molecule has 0 radical (unpaired) electrons. The van der Waals surface area contributed by atoms with Crippen LogP contribution in [-0.4, -0.2) is 26.5 Å². The van der Waals surface area contributed by atoms with Crippen molar-refractivity contribution < 1.29 is 9.90 Å². The topological polar surface area (TPSA) is 78.9 Å². The molecule has 0 spiro atoms. The van der Waals surface area contributed by atoms with Crippen LogP contribution in [0.3, 0.4) is 0 Å². The third-order valence-corrected chi connectivity index (χ3v) is 2.71. The summed E-state index contributed by atoms with van der Waals surface area (Å²) in [5, 5.41) is 18.7. The van der Waals surface area contributed by atoms with Gasteiger partial charge in [-0.1, -0.05) is 27.2 Å². The summed E-state index contributed by atoms with van der Waals surface area (Å²) >= 11 is 0. The molecule has 0 bridgehead atoms. The van der Waals surface area contributed by atoms with E-state index < -0.39 is 5.97 Å². The van der Waals surface area contributed by atoms with Crippen molar-refractivity contribution in [1.29, 1.82) is 0 Å². The van der Waals surface area contributed by atoms with Crippen LogP contribution in [0.25, 0.3) is 0 Å². The predicted octanol–water partition coefficient (Wildman–Crippen LogP) is 1.65. The summed E-state index contributed by atoms with van der Waals surface area (Å²) in [6.45, 7) is 6.12. The zero-order valence-electron chi connectivity index (χ0n) is 8.61. The minimum Gasteiger partial charge on any atom is -0.476 e. The first-order valence-corrected chi connectivity index (χ1v) is 4.71. The van der Waals surface area contributed by atoms with E-state index in [1.807, 2.05) is 6.92 Å². The van der Waals surface area contributed by atoms with Crippen molar-refractivity contribution in [2.75, 3.05) is 0 Å². The number of aromatic amines is 1. The highest BCUT2D eigenvalue weighted by Crippen LogP contribution is 2.26. The minimum absolute atomic E-state index is 0.0396. The van der Waals surface area contributed by atoms with Gasteiger partial charge >= 0.3 is 5.97 Å². The summed E-state index contributed by atoms with van der Waals surface area (Å²) in [6.07, 6.45) is 0.993. The third-order valence-electron chi connectivity index (χ3n) is 2.71. The number of H-pyrrole nitrogens is 1. The molecule has 1 rings (SSSR count). The SMILES string of the molecule is CCC(C)C(C)c1n[nH]nc1C(=O)O. The fraction of sp³-hybridized carbons (Fsp3) is 0.667. The number of carboxylic acid groups (broad SMARTS) is 1. The standard InChI is InChI=1S/C9H15N3O2/c1-4-5(2)6(3)7-8(9(13)14)11-12-10-7/h5-6H,4H2,1-3H3,(H,13,14)(H,10,11,12). The van der Waals surface area contributed by atoms with Gasteiger partial charge in [-0.15, -0.1) is 5.10 Å². The number of aromatic carboxylic acids is 1. The summed E-state index contributed by atoms with van der Waals surface area (Å²) in [5.74, 6) is -0.507. The Hall–Kier alpha value is -1.39. The normalized spacial score (nSPS) is 15.1. The van der Waals surface area contributed by atoms with Gasteiger partial charge in [0, 0.05) is 5.92 Å². The van der Waals surface area contributed by atoms with E-state index in [0.29, 0.717) is 11.6 Å². The number of hydrogen-bond donors (Lipinski definition) is 2. The Kier molecular flexibility index (Phi) is 3.22. The predicted molar refractivity (Wildman–Crippen MR) is 51.2 cm³/mol. The summed E-state index contributed by atoms with van der Waals surface area (Å²) in [4.78, 5) is 10.8. The molecule has 0 aliphatic heterocycles. The van der Waals surface area contributed by atoms with E-state index >= 15 is 0 Å². The van der Waals surface area contributed by atoms with Crippen molar-refractivity contribution in [2.24, 2.45) is 5.92 Å². The van der Waals surface area contributed by atoms with E-state index in [0.717, 1.165) is 6.42 Å². The fourth-order valence-electron chi connectivity index (χ4n) is 1.34. The van der Waals surface area contributed by atoms with Crippen LogP contribution in [0, 0.1) is 5.92 Å². The van der Waals surface area contributed by atoms with Crippen molar-refractivity contribution in [1.82, 2.24) is 15.4 Å². The number of carbonyl (C=O) groups is 1. The van der Waals surface area contributed by atoms with Gasteiger partial charge in [0.1, 0.15) is 5.69 Å². The molecule has 2 N–H and O–H groups in total. The van der Waals surface area contributed by atoms with Gasteiger partial charge in [0.05, 0.1) is 0 Å². The molecule has 5 heteroatoms. The quantitative estimate of drug-likeness (QED) is 0.769. The highest BCUT2D eigenvalue weighted by Gasteiger charge is 2.23. The van der Waals surface area contributed by atoms with Gasteiger partial charge in [0.15, 0.2) is 5.69 Å². The van der Waals surface area contributed by atoms with Crippen molar-refractivity contribution >= 4 is 5.97 Å². The Labute approximate surface area is 82.5 Å². The number of hydrogen-bond acceptors (Lipinski definition) is 3. The molecule has 0 aliphatic rings. The van der Waals surface area contributed by atoms with Crippen LogP contribution in [0.2, 0.25) is 0 Å². The zero-order valence-corrected chi connectivity index (χ0v) is 8.61. The van der Waals surface area contributed by atoms with Crippen LogP contribution in [0.15, 0.2) is 0 Å². The number of nitrogens with zero attached hydrogens (tertiary/aromatic N) is 2. The second kappa shape index (κ2) is 4.21. The molecule has 0 fully saturated rings. The fourth-order valence-corrected chi connectivity index (χ4v) is 1.34. The number of rotatable bonds is 4. The Balaban J connectivity index is 2.94. The molecule has 2 atom stereocenters. The van der Waals surface area contributed by atoms with Gasteiger partial charge in [-0.2, -0.15) is 10.3 Å². The lowest BCUT2D eigenvalue weighted by atomic mass is 9.90. The molecule has 0 saturated heterocycles. The lowest BCUT2D eigenvalue weighted by molar-refractivity contribution is 0.0688. The molecule has 78 valence electrons. The second-order valence-electron chi connectivity index (χ2n) is 3.54. The zero-order chi connectivity index (χ0) is 10.7. The Bertz CT molecular complexity index is 322. The lowest BCUT2D eigenvalue weighted by Gasteiger charge is -2.15. The molecule has 1 aromatic heterocycles. The maximum absolute atomic E-state index is 10.8. The molecule has 0 aromatic carbocycles. The lowest BCUT2D eigenvalue weighted by Crippen LogP contribution is -2.10. The molecule has 2 unspecified atom stereocenters. The van der Waals surface area contributed by atoms with Crippen LogP contribution < -0.4 is 0 Å². The smallest absolute Gasteiger partial charge is 0.358 e. The maximum atomic E-state index is 10.8. The Morgan fingerprint density at radius 1 is 1.50 bits per heavy atom. The van der Waals surface area contributed by atoms with Crippen LogP contribution in [0.5, 0.6) is 0 Å². The molecule has 0 saturated carbocycles. The van der Waals surface area contributed by atoms with Crippen molar-refractivity contribution in [3.8, 4) is 0 Å². The molecule has 1 heterocycles. The molecule has 1 aromatic rings. The van der Waals surface area contributed by atoms with Crippen LogP contribution in [-0.2, 0) is 0 Å². The maximum Gasteiger partial charge on any atom is 0.358 e. The highest BCUT2D eigenvalue weighted by atomic mass is 16.4. The summed E-state index contributed by atoms with van der Waals surface area (Å²) in [6, 6.07) is 0. The van der Waals surface area contributed by atoms with Crippen molar-refractivity contribution in [2.45, 2.75) is 33.1 Å². The Morgan fingerprint density at radius 3 is 2.64 bits per heavy atom. The molecular formula is C9H15N3O2. The van der Waals surface area contributed by atoms with E-state index in [9.17, 15) is 4.79 Å². The largest absolute Gasteiger partial charge is 0.476 e. The molecule has 14 heavy (non-hydrogen) atoms. The van der Waals surface area contributed by atoms with E-state index in [1.165, 1.54) is 0 Å². The van der Waals surface area contributed by atoms with E-state index in [1.54, 1.807) is 0 Å². The first kappa shape index (κ1) is 10.7. The van der Waals surface area contributed by atoms with Crippen molar-refractivity contribution in [3.05, 3.63) is 11.4 Å². The van der Waals surface area contributed by atoms with Gasteiger partial charge in [-0.3, -0.25) is 0 Å². The average Bonchev–Trinajstić information content (AvgIpc) is 2.63. The third kappa shape index (κ3) is 1.92. The van der Waals surface area contributed by atoms with E-state index in [4.69, 9.17) is 5.11 Å². The van der Waals surface area contributed by atoms with Gasteiger partial charge in [-0.05, 0) is 5.92 Å². The molecule has 5 nitrogen and oxygen atoms in total. The first-order chi connectivity index (χ1) is 6.57. The van der Waals surface area contributed by atoms with Crippen LogP contribution in [0.4, 0.5) is 0 Å². The van der Waals surface area contributed by atoms with Gasteiger partial charge < -0.3 is 5.11 Å². The Morgan fingerprint density at radius 2 is 2.14 bits per heavy atom. The average molecular weight is 197 g/mol. The molecule has 0 amide bonds. The summed E-state index contributed by atoms with van der Waals surface area (Å²) in [7, 11) is 0. The van der Waals surface area contributed by atoms with Crippen LogP contribution in [0.1, 0.15) is 49.3 Å². The summed E-state index contributed by atoms with van der Waals surface area (Å²) < 4.78 is 0. The minimum atomic E-state index is -1.02. The molecule has 0 aliphatic carbocycles. The number of nitrogens with one attached hydrogen (secondary N) is 1. The van der Waals surface area contributed by atoms with Crippen LogP contribution >= 0.6 is 0 Å².